The van der Waals surface area contributed by atoms with Crippen LogP contribution in [0, 0.1) is 0 Å². The van der Waals surface area contributed by atoms with E-state index in [9.17, 15) is 27.6 Å². The number of hydrogen-bond acceptors (Lipinski definition) is 6. The van der Waals surface area contributed by atoms with Crippen molar-refractivity contribution in [2.24, 2.45) is 17.2 Å². The highest BCUT2D eigenvalue weighted by atomic mass is 19.4. The third-order valence-corrected chi connectivity index (χ3v) is 5.90. The lowest BCUT2D eigenvalue weighted by Gasteiger charge is -2.26. The summed E-state index contributed by atoms with van der Waals surface area (Å²) in [4.78, 5) is 43.1. The molecule has 1 heterocycles. The molecule has 0 bridgehead atoms. The molecule has 0 radical (unpaired) electrons. The Labute approximate surface area is 228 Å². The van der Waals surface area contributed by atoms with Crippen LogP contribution < -0.4 is 32.9 Å². The van der Waals surface area contributed by atoms with E-state index in [0.29, 0.717) is 11.3 Å². The lowest BCUT2D eigenvalue weighted by Crippen LogP contribution is -2.54. The van der Waals surface area contributed by atoms with E-state index in [-0.39, 0.29) is 39.1 Å². The van der Waals surface area contributed by atoms with Gasteiger partial charge in [-0.05, 0) is 29.8 Å². The van der Waals surface area contributed by atoms with Crippen LogP contribution in [0.25, 0.3) is 10.9 Å². The van der Waals surface area contributed by atoms with E-state index in [4.69, 9.17) is 17.2 Å². The first-order valence-corrected chi connectivity index (χ1v) is 12.4. The Morgan fingerprint density at radius 2 is 1.62 bits per heavy atom. The molecule has 0 spiro atoms. The standard InChI is InChI=1S/C26H31F3N8O3/c27-26(28,29)19-7-5-17(6-8-19)16-37(25(40)34-20-13-18-3-1-2-4-22(18)33-15-20)35-24(39)21(32)14-23(38)36(11-9-30)12-10-31/h1-8,13,15,21H,9-12,14,16,30-32H2,(H,34,40)(H,35,39)/p+1/t21-/m0/s1. The number of para-hydroxylation sites is 1. The minimum absolute atomic E-state index is 0.195. The Balaban J connectivity index is 1.77. The van der Waals surface area contributed by atoms with Crippen LogP contribution in [0.4, 0.5) is 23.7 Å². The van der Waals surface area contributed by atoms with E-state index in [1.807, 2.05) is 24.3 Å². The number of hydrogen-bond donors (Lipinski definition) is 5. The van der Waals surface area contributed by atoms with Crippen molar-refractivity contribution in [1.82, 2.24) is 15.3 Å². The molecule has 9 N–H and O–H groups in total. The SMILES string of the molecule is NCCN(CCN)C(=O)C[C@H](N)C(=O)NN(Cc1ccc(C(F)(F)F)cc1)C(=O)Nc1c[nH+]c2ccccc2c1. The van der Waals surface area contributed by atoms with Crippen molar-refractivity contribution in [3.05, 3.63) is 71.9 Å². The number of nitrogens with two attached hydrogens (primary N) is 3. The average Bonchev–Trinajstić information content (AvgIpc) is 2.92. The predicted molar refractivity (Wildman–Crippen MR) is 142 cm³/mol. The summed E-state index contributed by atoms with van der Waals surface area (Å²) in [6, 6.07) is 11.1. The number of aromatic nitrogens is 1. The van der Waals surface area contributed by atoms with E-state index in [1.54, 1.807) is 12.3 Å². The highest BCUT2D eigenvalue weighted by Gasteiger charge is 2.30. The van der Waals surface area contributed by atoms with Gasteiger partial charge in [-0.3, -0.25) is 15.0 Å². The first kappa shape index (κ1) is 30.3. The minimum Gasteiger partial charge on any atom is -0.340 e. The van der Waals surface area contributed by atoms with Gasteiger partial charge in [-0.15, -0.1) is 0 Å². The topological polar surface area (TPSA) is 174 Å². The Bertz CT molecular complexity index is 1310. The molecule has 214 valence electrons. The molecule has 1 aromatic heterocycles. The molecule has 0 aliphatic carbocycles. The van der Waals surface area contributed by atoms with Gasteiger partial charge < -0.3 is 27.4 Å². The van der Waals surface area contributed by atoms with Gasteiger partial charge in [-0.25, -0.2) is 14.8 Å². The molecule has 2 aromatic carbocycles. The normalized spacial score (nSPS) is 12.1. The van der Waals surface area contributed by atoms with Crippen LogP contribution in [0.3, 0.4) is 0 Å². The monoisotopic (exact) mass is 561 g/mol. The van der Waals surface area contributed by atoms with Gasteiger partial charge in [0.05, 0.1) is 24.6 Å². The first-order chi connectivity index (χ1) is 19.0. The molecule has 3 rings (SSSR count). The van der Waals surface area contributed by atoms with Gasteiger partial charge in [-0.2, -0.15) is 13.2 Å². The molecule has 0 fully saturated rings. The molecule has 0 saturated heterocycles. The molecule has 11 nitrogen and oxygen atoms in total. The summed E-state index contributed by atoms with van der Waals surface area (Å²) in [5, 5.41) is 4.33. The average molecular weight is 562 g/mol. The maximum atomic E-state index is 13.2. The number of hydrazine groups is 1. The van der Waals surface area contributed by atoms with E-state index in [2.05, 4.69) is 15.7 Å². The van der Waals surface area contributed by atoms with Crippen LogP contribution >= 0.6 is 0 Å². The van der Waals surface area contributed by atoms with Crippen LogP contribution in [0.1, 0.15) is 17.5 Å². The van der Waals surface area contributed by atoms with Gasteiger partial charge >= 0.3 is 12.2 Å². The fourth-order valence-corrected chi connectivity index (χ4v) is 3.82. The van der Waals surface area contributed by atoms with Crippen molar-refractivity contribution in [1.29, 1.82) is 0 Å². The van der Waals surface area contributed by atoms with Gasteiger partial charge in [0.25, 0.3) is 5.91 Å². The van der Waals surface area contributed by atoms with Crippen LogP contribution in [0.15, 0.2) is 60.8 Å². The molecule has 0 aliphatic heterocycles. The smallest absolute Gasteiger partial charge is 0.340 e. The van der Waals surface area contributed by atoms with Crippen LogP contribution in [-0.4, -0.2) is 60.0 Å². The summed E-state index contributed by atoms with van der Waals surface area (Å²) in [5.74, 6) is -1.29. The Kier molecular flexibility index (Phi) is 10.4. The maximum Gasteiger partial charge on any atom is 0.416 e. The first-order valence-electron chi connectivity index (χ1n) is 12.4. The molecule has 40 heavy (non-hydrogen) atoms. The van der Waals surface area contributed by atoms with Crippen LogP contribution in [0.2, 0.25) is 0 Å². The number of rotatable bonds is 10. The molecular formula is C26H32F3N8O3+. The number of aromatic amines is 1. The maximum absolute atomic E-state index is 13.2. The van der Waals surface area contributed by atoms with Crippen LogP contribution in [0.5, 0.6) is 0 Å². The van der Waals surface area contributed by atoms with Crippen molar-refractivity contribution in [2.45, 2.75) is 25.2 Å². The molecule has 0 aliphatic rings. The molecule has 0 unspecified atom stereocenters. The summed E-state index contributed by atoms with van der Waals surface area (Å²) in [7, 11) is 0. The van der Waals surface area contributed by atoms with E-state index in [0.717, 1.165) is 28.0 Å². The Morgan fingerprint density at radius 3 is 2.25 bits per heavy atom. The highest BCUT2D eigenvalue weighted by Crippen LogP contribution is 2.29. The molecule has 3 aromatic rings. The number of fused-ring (bicyclic) bond motifs is 1. The number of carbonyl (C=O) groups excluding carboxylic acids is 3. The highest BCUT2D eigenvalue weighted by molar-refractivity contribution is 5.94. The van der Waals surface area contributed by atoms with Gasteiger partial charge in [-0.1, -0.05) is 24.3 Å². The molecular weight excluding hydrogens is 529 g/mol. The van der Waals surface area contributed by atoms with Crippen molar-refractivity contribution < 1.29 is 32.5 Å². The Hall–Kier alpha value is -4.27. The summed E-state index contributed by atoms with van der Waals surface area (Å²) in [6.45, 7) is 0.562. The lowest BCUT2D eigenvalue weighted by molar-refractivity contribution is -0.343. The summed E-state index contributed by atoms with van der Waals surface area (Å²) < 4.78 is 39.0. The van der Waals surface area contributed by atoms with E-state index >= 15 is 0 Å². The van der Waals surface area contributed by atoms with Gasteiger partial charge in [0.15, 0.2) is 6.20 Å². The van der Waals surface area contributed by atoms with E-state index in [1.165, 1.54) is 17.0 Å². The third-order valence-electron chi connectivity index (χ3n) is 5.90. The summed E-state index contributed by atoms with van der Waals surface area (Å²) >= 11 is 0. The number of pyridine rings is 1. The molecule has 0 saturated carbocycles. The van der Waals surface area contributed by atoms with Crippen molar-refractivity contribution in [2.75, 3.05) is 31.5 Å². The predicted octanol–water partition coefficient (Wildman–Crippen LogP) is 1.20. The number of nitrogens with one attached hydrogen (secondary N) is 3. The largest absolute Gasteiger partial charge is 0.416 e. The van der Waals surface area contributed by atoms with Gasteiger partial charge in [0, 0.05) is 37.6 Å². The summed E-state index contributed by atoms with van der Waals surface area (Å²) in [6.07, 6.45) is -3.36. The lowest BCUT2D eigenvalue weighted by atomic mass is 10.1. The quantitative estimate of drug-likeness (QED) is 0.233. The number of benzene rings is 2. The zero-order valence-electron chi connectivity index (χ0n) is 21.6. The number of H-pyrrole nitrogens is 1. The minimum atomic E-state index is -4.53. The molecule has 1 atom stereocenters. The second-order valence-corrected chi connectivity index (χ2v) is 8.93. The molecule has 14 heteroatoms. The third kappa shape index (κ3) is 8.36. The number of halogens is 3. The number of amides is 4. The zero-order chi connectivity index (χ0) is 29.3. The number of anilines is 1. The van der Waals surface area contributed by atoms with Gasteiger partial charge in [0.1, 0.15) is 5.69 Å². The van der Waals surface area contributed by atoms with Crippen LogP contribution in [-0.2, 0) is 22.3 Å². The second-order valence-electron chi connectivity index (χ2n) is 8.93. The Morgan fingerprint density at radius 1 is 0.975 bits per heavy atom. The van der Waals surface area contributed by atoms with Crippen molar-refractivity contribution >= 4 is 34.4 Å². The fraction of sp³-hybridized carbons (Fsp3) is 0.308. The zero-order valence-corrected chi connectivity index (χ0v) is 21.6. The number of nitrogens with zero attached hydrogens (tertiary/aromatic N) is 2. The van der Waals surface area contributed by atoms with Crippen molar-refractivity contribution in [3.63, 3.8) is 0 Å². The number of urea groups is 1. The van der Waals surface area contributed by atoms with Gasteiger partial charge in [0.2, 0.25) is 11.4 Å². The number of carbonyl (C=O) groups is 3. The second kappa shape index (κ2) is 13.7. The molecule has 4 amide bonds. The summed E-state index contributed by atoms with van der Waals surface area (Å²) in [5.41, 5.74) is 20.0. The number of alkyl halides is 3. The van der Waals surface area contributed by atoms with Crippen molar-refractivity contribution in [3.8, 4) is 0 Å². The van der Waals surface area contributed by atoms with E-state index < -0.39 is 35.6 Å². The fourth-order valence-electron chi connectivity index (χ4n) is 3.82.